The Balaban J connectivity index is 1.62. The molecule has 1 amide bonds. The molecule has 0 spiro atoms. The van der Waals surface area contributed by atoms with Crippen LogP contribution in [0.1, 0.15) is 11.1 Å². The largest absolute Gasteiger partial charge is 0.493 e. The summed E-state index contributed by atoms with van der Waals surface area (Å²) in [5.74, 6) is 1.97. The monoisotopic (exact) mass is 443 g/mol. The molecule has 0 saturated carbocycles. The van der Waals surface area contributed by atoms with Gasteiger partial charge < -0.3 is 14.2 Å². The summed E-state index contributed by atoms with van der Waals surface area (Å²) in [5, 5.41) is 11.3. The number of amides is 1. The Hall–Kier alpha value is -3.04. The average Bonchev–Trinajstić information content (AvgIpc) is 3.23. The molecule has 1 N–H and O–H groups in total. The van der Waals surface area contributed by atoms with Crippen LogP contribution in [0.15, 0.2) is 52.9 Å². The van der Waals surface area contributed by atoms with Gasteiger partial charge in [0.25, 0.3) is 0 Å². The Morgan fingerprint density at radius 3 is 2.50 bits per heavy atom. The lowest BCUT2D eigenvalue weighted by Crippen LogP contribution is -2.07. The molecule has 0 aliphatic carbocycles. The summed E-state index contributed by atoms with van der Waals surface area (Å²) in [6.45, 7) is 0. The van der Waals surface area contributed by atoms with Gasteiger partial charge in [-0.1, -0.05) is 53.4 Å². The maximum Gasteiger partial charge on any atom is 0.250 e. The number of benzene rings is 2. The average molecular weight is 444 g/mol. The van der Waals surface area contributed by atoms with Crippen molar-refractivity contribution in [3.05, 3.63) is 59.7 Å². The zero-order valence-corrected chi connectivity index (χ0v) is 18.4. The second-order valence-electron chi connectivity index (χ2n) is 5.89. The second kappa shape index (κ2) is 10.7. The fourth-order valence-electron chi connectivity index (χ4n) is 2.61. The molecule has 3 aromatic rings. The summed E-state index contributed by atoms with van der Waals surface area (Å²) < 4.78 is 16.8. The highest BCUT2D eigenvalue weighted by molar-refractivity contribution is 8.00. The molecule has 2 aromatic carbocycles. The minimum absolute atomic E-state index is 0.317. The molecule has 3 rings (SSSR count). The van der Waals surface area contributed by atoms with Gasteiger partial charge >= 0.3 is 0 Å². The van der Waals surface area contributed by atoms with E-state index in [0.717, 1.165) is 10.1 Å². The number of carbonyl (C=O) groups excluding carboxylic acids is 1. The molecule has 0 unspecified atom stereocenters. The summed E-state index contributed by atoms with van der Waals surface area (Å²) in [5.41, 5.74) is 1.89. The Bertz CT molecular complexity index is 1020. The van der Waals surface area contributed by atoms with E-state index < -0.39 is 0 Å². The fraction of sp³-hybridized carbons (Fsp3) is 0.190. The van der Waals surface area contributed by atoms with Crippen molar-refractivity contribution < 1.29 is 19.0 Å². The summed E-state index contributed by atoms with van der Waals surface area (Å²) in [6, 6.07) is 13.6. The van der Waals surface area contributed by atoms with Gasteiger partial charge in [-0.05, 0) is 23.8 Å². The molecular formula is C21H21N3O4S2. The van der Waals surface area contributed by atoms with Crippen molar-refractivity contribution in [3.8, 4) is 17.2 Å². The number of nitrogens with one attached hydrogen (secondary N) is 1. The summed E-state index contributed by atoms with van der Waals surface area (Å²) >= 11 is 2.91. The smallest absolute Gasteiger partial charge is 0.250 e. The minimum atomic E-state index is -0.317. The molecule has 7 nitrogen and oxygen atoms in total. The van der Waals surface area contributed by atoms with Gasteiger partial charge in [0.15, 0.2) is 15.8 Å². The number of ether oxygens (including phenoxy) is 3. The first-order valence-corrected chi connectivity index (χ1v) is 10.7. The Labute approximate surface area is 183 Å². The molecule has 0 bridgehead atoms. The van der Waals surface area contributed by atoms with Gasteiger partial charge in [0.2, 0.25) is 16.8 Å². The first-order valence-electron chi connectivity index (χ1n) is 8.93. The molecule has 0 atom stereocenters. The number of aromatic nitrogens is 2. The topological polar surface area (TPSA) is 82.6 Å². The van der Waals surface area contributed by atoms with Crippen molar-refractivity contribution in [2.45, 2.75) is 10.1 Å². The number of rotatable bonds is 9. The number of thioether (sulfide) groups is 1. The van der Waals surface area contributed by atoms with Crippen LogP contribution in [0.3, 0.4) is 0 Å². The Morgan fingerprint density at radius 2 is 1.80 bits per heavy atom. The van der Waals surface area contributed by atoms with Crippen LogP contribution >= 0.6 is 23.1 Å². The number of methoxy groups -OCH3 is 3. The zero-order chi connectivity index (χ0) is 21.3. The highest BCUT2D eigenvalue weighted by atomic mass is 32.2. The Kier molecular flexibility index (Phi) is 7.69. The third kappa shape index (κ3) is 5.52. The lowest BCUT2D eigenvalue weighted by atomic mass is 10.1. The van der Waals surface area contributed by atoms with Crippen LogP contribution in [-0.2, 0) is 10.5 Å². The molecule has 0 fully saturated rings. The Morgan fingerprint density at radius 1 is 1.03 bits per heavy atom. The zero-order valence-electron chi connectivity index (χ0n) is 16.7. The minimum Gasteiger partial charge on any atom is -0.493 e. The third-order valence-electron chi connectivity index (χ3n) is 3.99. The van der Waals surface area contributed by atoms with Crippen molar-refractivity contribution in [1.82, 2.24) is 10.2 Å². The SMILES string of the molecule is COc1ccc(/C=C/C(=O)Nc2nnc(SCc3ccccc3)s2)c(OC)c1OC. The summed E-state index contributed by atoms with van der Waals surface area (Å²) in [6.07, 6.45) is 3.05. The van der Waals surface area contributed by atoms with Crippen molar-refractivity contribution in [2.75, 3.05) is 26.6 Å². The standard InChI is InChI=1S/C21H21N3O4S2/c1-26-16-11-9-15(18(27-2)19(16)28-3)10-12-17(25)22-20-23-24-21(30-20)29-13-14-7-5-4-6-8-14/h4-12H,13H2,1-3H3,(H,22,23,25)/b12-10+. The molecule has 30 heavy (non-hydrogen) atoms. The van der Waals surface area contributed by atoms with E-state index in [4.69, 9.17) is 14.2 Å². The molecule has 1 heterocycles. The highest BCUT2D eigenvalue weighted by Gasteiger charge is 2.14. The summed E-state index contributed by atoms with van der Waals surface area (Å²) in [4.78, 5) is 12.3. The molecular weight excluding hydrogens is 422 g/mol. The second-order valence-corrected chi connectivity index (χ2v) is 8.09. The van der Waals surface area contributed by atoms with Crippen LogP contribution in [0.2, 0.25) is 0 Å². The van der Waals surface area contributed by atoms with Crippen molar-refractivity contribution in [1.29, 1.82) is 0 Å². The van der Waals surface area contributed by atoms with E-state index in [0.29, 0.717) is 27.9 Å². The molecule has 156 valence electrons. The van der Waals surface area contributed by atoms with Crippen LogP contribution < -0.4 is 19.5 Å². The summed E-state index contributed by atoms with van der Waals surface area (Å²) in [7, 11) is 4.61. The van der Waals surface area contributed by atoms with Gasteiger partial charge in [0, 0.05) is 17.4 Å². The van der Waals surface area contributed by atoms with E-state index in [1.165, 1.54) is 37.2 Å². The molecule has 0 radical (unpaired) electrons. The molecule has 9 heteroatoms. The van der Waals surface area contributed by atoms with Gasteiger partial charge in [-0.3, -0.25) is 10.1 Å². The number of carbonyl (C=O) groups is 1. The van der Waals surface area contributed by atoms with Crippen LogP contribution in [0.4, 0.5) is 5.13 Å². The number of hydrogen-bond acceptors (Lipinski definition) is 8. The molecule has 0 aliphatic rings. The predicted molar refractivity (Wildman–Crippen MR) is 120 cm³/mol. The number of hydrogen-bond donors (Lipinski definition) is 1. The molecule has 1 aromatic heterocycles. The van der Waals surface area contributed by atoms with Crippen LogP contribution in [0, 0.1) is 0 Å². The quantitative estimate of drug-likeness (QED) is 0.296. The van der Waals surface area contributed by atoms with Crippen molar-refractivity contribution in [2.24, 2.45) is 0 Å². The van der Waals surface area contributed by atoms with Crippen LogP contribution in [0.25, 0.3) is 6.08 Å². The van der Waals surface area contributed by atoms with E-state index in [9.17, 15) is 4.79 Å². The van der Waals surface area contributed by atoms with Gasteiger partial charge in [0.05, 0.1) is 21.3 Å². The predicted octanol–water partition coefficient (Wildman–Crippen LogP) is 4.51. The van der Waals surface area contributed by atoms with Crippen molar-refractivity contribution in [3.63, 3.8) is 0 Å². The van der Waals surface area contributed by atoms with E-state index in [2.05, 4.69) is 27.6 Å². The molecule has 0 aliphatic heterocycles. The number of nitrogens with zero attached hydrogens (tertiary/aromatic N) is 2. The fourth-order valence-corrected chi connectivity index (χ4v) is 4.32. The lowest BCUT2D eigenvalue weighted by Gasteiger charge is -2.13. The first-order chi connectivity index (χ1) is 14.6. The first kappa shape index (κ1) is 21.7. The lowest BCUT2D eigenvalue weighted by molar-refractivity contribution is -0.111. The van der Waals surface area contributed by atoms with Gasteiger partial charge in [0.1, 0.15) is 0 Å². The van der Waals surface area contributed by atoms with E-state index in [1.54, 1.807) is 37.1 Å². The van der Waals surface area contributed by atoms with Gasteiger partial charge in [-0.15, -0.1) is 10.2 Å². The third-order valence-corrected chi connectivity index (χ3v) is 6.03. The van der Waals surface area contributed by atoms with Crippen LogP contribution in [-0.4, -0.2) is 37.4 Å². The maximum absolute atomic E-state index is 12.3. The van der Waals surface area contributed by atoms with Gasteiger partial charge in [-0.25, -0.2) is 0 Å². The van der Waals surface area contributed by atoms with Gasteiger partial charge in [-0.2, -0.15) is 0 Å². The van der Waals surface area contributed by atoms with Crippen LogP contribution in [0.5, 0.6) is 17.2 Å². The molecule has 0 saturated heterocycles. The van der Waals surface area contributed by atoms with E-state index in [1.807, 2.05) is 18.2 Å². The number of anilines is 1. The maximum atomic E-state index is 12.3. The van der Waals surface area contributed by atoms with E-state index >= 15 is 0 Å². The highest BCUT2D eigenvalue weighted by Crippen LogP contribution is 2.40. The van der Waals surface area contributed by atoms with Crippen molar-refractivity contribution >= 4 is 40.2 Å². The van der Waals surface area contributed by atoms with E-state index in [-0.39, 0.29) is 5.91 Å². The normalized spacial score (nSPS) is 10.8.